The van der Waals surface area contributed by atoms with E-state index in [-0.39, 0.29) is 36.4 Å². The molecular formula is C17H31IN4O. The van der Waals surface area contributed by atoms with Crippen LogP contribution in [-0.2, 0) is 4.79 Å². The molecule has 2 unspecified atom stereocenters. The van der Waals surface area contributed by atoms with Crippen LogP contribution in [0, 0.1) is 5.92 Å². The van der Waals surface area contributed by atoms with Crippen molar-refractivity contribution in [3.8, 4) is 0 Å². The van der Waals surface area contributed by atoms with Crippen LogP contribution in [0.2, 0.25) is 0 Å². The maximum atomic E-state index is 11.8. The first-order valence-corrected chi connectivity index (χ1v) is 8.49. The lowest BCUT2D eigenvalue weighted by Gasteiger charge is -2.31. The second-order valence-electron chi connectivity index (χ2n) is 6.75. The molecule has 0 aromatic heterocycles. The highest BCUT2D eigenvalue weighted by molar-refractivity contribution is 14.0. The quantitative estimate of drug-likeness (QED) is 0.310. The molecule has 0 bridgehead atoms. The van der Waals surface area contributed by atoms with Crippen LogP contribution >= 0.6 is 24.0 Å². The number of halogens is 1. The first-order valence-electron chi connectivity index (χ1n) is 8.49. The van der Waals surface area contributed by atoms with E-state index in [9.17, 15) is 4.79 Å². The third-order valence-corrected chi connectivity index (χ3v) is 4.65. The fraction of sp³-hybridized carbons (Fsp3) is 0.765. The molecule has 1 amide bonds. The molecule has 2 aliphatic carbocycles. The van der Waals surface area contributed by atoms with Gasteiger partial charge in [0.1, 0.15) is 6.54 Å². The fourth-order valence-corrected chi connectivity index (χ4v) is 3.06. The molecule has 5 nitrogen and oxygen atoms in total. The average molecular weight is 434 g/mol. The molecule has 2 atom stereocenters. The molecule has 132 valence electrons. The summed E-state index contributed by atoms with van der Waals surface area (Å²) in [5.74, 6) is 1.48. The number of nitrogens with one attached hydrogen (secondary N) is 2. The molecule has 0 heterocycles. The molecule has 0 saturated heterocycles. The fourth-order valence-electron chi connectivity index (χ4n) is 3.06. The molecule has 0 spiro atoms. The zero-order valence-electron chi connectivity index (χ0n) is 14.5. The van der Waals surface area contributed by atoms with E-state index in [1.807, 2.05) is 0 Å². The number of nitrogens with zero attached hydrogens (tertiary/aromatic N) is 2. The maximum Gasteiger partial charge on any atom is 0.243 e. The first-order chi connectivity index (χ1) is 10.6. The van der Waals surface area contributed by atoms with Gasteiger partial charge in [0.25, 0.3) is 0 Å². The minimum Gasteiger partial charge on any atom is -0.353 e. The number of rotatable bonds is 4. The lowest BCUT2D eigenvalue weighted by Crippen LogP contribution is -2.50. The van der Waals surface area contributed by atoms with E-state index in [2.05, 4.69) is 34.7 Å². The van der Waals surface area contributed by atoms with Crippen molar-refractivity contribution in [3.05, 3.63) is 12.2 Å². The Morgan fingerprint density at radius 2 is 1.83 bits per heavy atom. The Kier molecular flexibility index (Phi) is 8.94. The summed E-state index contributed by atoms with van der Waals surface area (Å²) in [6, 6.07) is 0.864. The molecule has 6 heteroatoms. The van der Waals surface area contributed by atoms with Crippen LogP contribution in [-0.4, -0.2) is 49.5 Å². The van der Waals surface area contributed by atoms with E-state index in [0.29, 0.717) is 18.0 Å². The second-order valence-corrected chi connectivity index (χ2v) is 6.75. The number of aliphatic imine (C=N–C) groups is 1. The van der Waals surface area contributed by atoms with Crippen LogP contribution in [0.25, 0.3) is 0 Å². The van der Waals surface area contributed by atoms with Gasteiger partial charge in [-0.15, -0.1) is 24.0 Å². The molecule has 0 aliphatic heterocycles. The van der Waals surface area contributed by atoms with Gasteiger partial charge >= 0.3 is 0 Å². The Balaban J connectivity index is 0.00000264. The SMILES string of the molecule is CC1CCCCC1NC(=NCC(=O)N(C)C)NC1CC=CC1.I. The molecule has 2 aliphatic rings. The molecule has 0 aromatic rings. The lowest BCUT2D eigenvalue weighted by atomic mass is 9.86. The normalized spacial score (nSPS) is 24.9. The molecule has 2 rings (SSSR count). The molecule has 0 aromatic carbocycles. The molecule has 1 saturated carbocycles. The summed E-state index contributed by atoms with van der Waals surface area (Å²) in [4.78, 5) is 17.9. The Bertz CT molecular complexity index is 428. The van der Waals surface area contributed by atoms with Gasteiger partial charge in [-0.25, -0.2) is 4.99 Å². The van der Waals surface area contributed by atoms with Gasteiger partial charge in [0.15, 0.2) is 5.96 Å². The number of amides is 1. The van der Waals surface area contributed by atoms with Gasteiger partial charge in [-0.3, -0.25) is 4.79 Å². The lowest BCUT2D eigenvalue weighted by molar-refractivity contribution is -0.127. The Labute approximate surface area is 157 Å². The third-order valence-electron chi connectivity index (χ3n) is 4.65. The molecule has 2 N–H and O–H groups in total. The van der Waals surface area contributed by atoms with E-state index in [4.69, 9.17) is 0 Å². The van der Waals surface area contributed by atoms with Crippen LogP contribution in [0.5, 0.6) is 0 Å². The van der Waals surface area contributed by atoms with Crippen molar-refractivity contribution in [2.45, 2.75) is 57.5 Å². The Morgan fingerprint density at radius 3 is 2.43 bits per heavy atom. The first kappa shape index (κ1) is 20.3. The summed E-state index contributed by atoms with van der Waals surface area (Å²) in [6.45, 7) is 2.50. The predicted octanol–water partition coefficient (Wildman–Crippen LogP) is 2.53. The number of carbonyl (C=O) groups excluding carboxylic acids is 1. The highest BCUT2D eigenvalue weighted by atomic mass is 127. The molecule has 23 heavy (non-hydrogen) atoms. The summed E-state index contributed by atoms with van der Waals surface area (Å²) in [7, 11) is 3.53. The molecular weight excluding hydrogens is 403 g/mol. The summed E-state index contributed by atoms with van der Waals surface area (Å²) in [6.07, 6.45) is 11.5. The largest absolute Gasteiger partial charge is 0.353 e. The smallest absolute Gasteiger partial charge is 0.243 e. The van der Waals surface area contributed by atoms with Crippen molar-refractivity contribution in [1.29, 1.82) is 0 Å². The summed E-state index contributed by atoms with van der Waals surface area (Å²) < 4.78 is 0. The van der Waals surface area contributed by atoms with Crippen LogP contribution in [0.1, 0.15) is 45.4 Å². The zero-order chi connectivity index (χ0) is 15.9. The van der Waals surface area contributed by atoms with E-state index in [0.717, 1.165) is 18.8 Å². The third kappa shape index (κ3) is 6.69. The zero-order valence-corrected chi connectivity index (χ0v) is 16.9. The van der Waals surface area contributed by atoms with Gasteiger partial charge in [0.05, 0.1) is 0 Å². The van der Waals surface area contributed by atoms with Gasteiger partial charge < -0.3 is 15.5 Å². The van der Waals surface area contributed by atoms with Crippen LogP contribution < -0.4 is 10.6 Å². The van der Waals surface area contributed by atoms with Crippen LogP contribution in [0.3, 0.4) is 0 Å². The van der Waals surface area contributed by atoms with E-state index >= 15 is 0 Å². The van der Waals surface area contributed by atoms with E-state index in [1.54, 1.807) is 19.0 Å². The van der Waals surface area contributed by atoms with E-state index in [1.165, 1.54) is 25.7 Å². The minimum absolute atomic E-state index is 0. The predicted molar refractivity (Wildman–Crippen MR) is 106 cm³/mol. The maximum absolute atomic E-state index is 11.8. The van der Waals surface area contributed by atoms with Crippen molar-refractivity contribution < 1.29 is 4.79 Å². The monoisotopic (exact) mass is 434 g/mol. The molecule has 1 fully saturated rings. The summed E-state index contributed by atoms with van der Waals surface area (Å²) in [5, 5.41) is 7.05. The van der Waals surface area contributed by atoms with Crippen molar-refractivity contribution in [1.82, 2.24) is 15.5 Å². The number of likely N-dealkylation sites (N-methyl/N-ethyl adjacent to an activating group) is 1. The van der Waals surface area contributed by atoms with Gasteiger partial charge in [-0.1, -0.05) is 31.9 Å². The number of hydrogen-bond acceptors (Lipinski definition) is 2. The van der Waals surface area contributed by atoms with Crippen LogP contribution in [0.4, 0.5) is 0 Å². The molecule has 0 radical (unpaired) electrons. The number of guanidine groups is 1. The summed E-state index contributed by atoms with van der Waals surface area (Å²) in [5.41, 5.74) is 0. The topological polar surface area (TPSA) is 56.7 Å². The Hall–Kier alpha value is -0.790. The van der Waals surface area contributed by atoms with Crippen molar-refractivity contribution in [3.63, 3.8) is 0 Å². The highest BCUT2D eigenvalue weighted by Crippen LogP contribution is 2.23. The van der Waals surface area contributed by atoms with Crippen LogP contribution in [0.15, 0.2) is 17.1 Å². The van der Waals surface area contributed by atoms with Gasteiger partial charge in [-0.05, 0) is 31.6 Å². The standard InChI is InChI=1S/C17H30N4O.HI/c1-13-8-4-7-11-15(13)20-17(18-12-16(22)21(2)3)19-14-9-5-6-10-14;/h5-6,13-15H,4,7-12H2,1-3H3,(H2,18,19,20);1H. The summed E-state index contributed by atoms with van der Waals surface area (Å²) >= 11 is 0. The van der Waals surface area contributed by atoms with Crippen molar-refractivity contribution in [2.24, 2.45) is 10.9 Å². The highest BCUT2D eigenvalue weighted by Gasteiger charge is 2.23. The number of carbonyl (C=O) groups is 1. The number of hydrogen-bond donors (Lipinski definition) is 2. The second kappa shape index (κ2) is 10.2. The van der Waals surface area contributed by atoms with Gasteiger partial charge in [0.2, 0.25) is 5.91 Å². The van der Waals surface area contributed by atoms with Crippen molar-refractivity contribution in [2.75, 3.05) is 20.6 Å². The average Bonchev–Trinajstić information content (AvgIpc) is 2.99. The van der Waals surface area contributed by atoms with Gasteiger partial charge in [0, 0.05) is 26.2 Å². The minimum atomic E-state index is 0. The Morgan fingerprint density at radius 1 is 1.17 bits per heavy atom. The van der Waals surface area contributed by atoms with Crippen molar-refractivity contribution >= 4 is 35.8 Å². The van der Waals surface area contributed by atoms with Gasteiger partial charge in [-0.2, -0.15) is 0 Å². The van der Waals surface area contributed by atoms with E-state index < -0.39 is 0 Å².